The molecule has 0 aromatic heterocycles. The maximum Gasteiger partial charge on any atom is 0.150 e. The Hall–Kier alpha value is -1.39. The van der Waals surface area contributed by atoms with Crippen LogP contribution in [0.25, 0.3) is 0 Å². The van der Waals surface area contributed by atoms with E-state index < -0.39 is 11.6 Å². The van der Waals surface area contributed by atoms with E-state index in [-0.39, 0.29) is 5.78 Å². The molecule has 0 bridgehead atoms. The fraction of sp³-hybridized carbons (Fsp3) is 0.562. The number of rotatable bonds is 5. The summed E-state index contributed by atoms with van der Waals surface area (Å²) in [5, 5.41) is 10.4. The van der Waals surface area contributed by atoms with Gasteiger partial charge in [0.15, 0.2) is 5.78 Å². The van der Waals surface area contributed by atoms with Gasteiger partial charge in [-0.3, -0.25) is 4.79 Å². The highest BCUT2D eigenvalue weighted by molar-refractivity contribution is 5.82. The molecule has 0 aliphatic heterocycles. The average molecular weight is 277 g/mol. The van der Waals surface area contributed by atoms with Crippen molar-refractivity contribution in [2.75, 3.05) is 6.61 Å². The molecule has 3 N–H and O–H groups in total. The van der Waals surface area contributed by atoms with E-state index in [0.717, 1.165) is 31.2 Å². The standard InChI is InChI=1S/C16H23NO3/c1-12(18)15(17)13-6-5-7-14(10-13)20-11-16(19)8-3-2-4-9-16/h5-7,10,15,19H,2-4,8-9,11,17H2,1H3. The van der Waals surface area contributed by atoms with E-state index in [4.69, 9.17) is 10.5 Å². The molecule has 20 heavy (non-hydrogen) atoms. The molecule has 0 spiro atoms. The molecular weight excluding hydrogens is 254 g/mol. The molecule has 1 aromatic carbocycles. The summed E-state index contributed by atoms with van der Waals surface area (Å²) in [5.41, 5.74) is 5.85. The Morgan fingerprint density at radius 1 is 1.40 bits per heavy atom. The molecule has 1 aromatic rings. The Morgan fingerprint density at radius 2 is 2.10 bits per heavy atom. The molecule has 1 fully saturated rings. The van der Waals surface area contributed by atoms with Crippen molar-refractivity contribution in [1.82, 2.24) is 0 Å². The Balaban J connectivity index is 1.99. The van der Waals surface area contributed by atoms with Gasteiger partial charge in [0.1, 0.15) is 12.4 Å². The Kier molecular flexibility index (Phi) is 4.78. The van der Waals surface area contributed by atoms with Crippen molar-refractivity contribution in [1.29, 1.82) is 0 Å². The molecule has 0 radical (unpaired) electrons. The summed E-state index contributed by atoms with van der Waals surface area (Å²) in [4.78, 5) is 11.3. The summed E-state index contributed by atoms with van der Waals surface area (Å²) < 4.78 is 5.70. The molecule has 0 amide bonds. The lowest BCUT2D eigenvalue weighted by Gasteiger charge is -2.31. The minimum atomic E-state index is -0.711. The van der Waals surface area contributed by atoms with Gasteiger partial charge in [-0.25, -0.2) is 0 Å². The predicted octanol–water partition coefficient (Wildman–Crippen LogP) is 2.35. The maximum absolute atomic E-state index is 11.3. The average Bonchev–Trinajstić information content (AvgIpc) is 2.45. The number of hydrogen-bond acceptors (Lipinski definition) is 4. The number of aliphatic hydroxyl groups is 1. The highest BCUT2D eigenvalue weighted by Gasteiger charge is 2.30. The minimum absolute atomic E-state index is 0.0759. The maximum atomic E-state index is 11.3. The summed E-state index contributed by atoms with van der Waals surface area (Å²) in [5.74, 6) is 0.575. The highest BCUT2D eigenvalue weighted by Crippen LogP contribution is 2.29. The third-order valence-corrected chi connectivity index (χ3v) is 3.95. The molecule has 4 heteroatoms. The second-order valence-corrected chi connectivity index (χ2v) is 5.73. The van der Waals surface area contributed by atoms with E-state index in [9.17, 15) is 9.90 Å². The first-order chi connectivity index (χ1) is 9.50. The molecule has 1 saturated carbocycles. The van der Waals surface area contributed by atoms with Crippen molar-refractivity contribution in [3.8, 4) is 5.75 Å². The number of ketones is 1. The molecule has 1 atom stereocenters. The van der Waals surface area contributed by atoms with Crippen molar-refractivity contribution >= 4 is 5.78 Å². The third-order valence-electron chi connectivity index (χ3n) is 3.95. The van der Waals surface area contributed by atoms with Gasteiger partial charge in [0, 0.05) is 0 Å². The van der Waals surface area contributed by atoms with Gasteiger partial charge in [0.25, 0.3) is 0 Å². The molecular formula is C16H23NO3. The predicted molar refractivity (Wildman–Crippen MR) is 77.6 cm³/mol. The molecule has 1 aliphatic carbocycles. The van der Waals surface area contributed by atoms with Gasteiger partial charge in [-0.2, -0.15) is 0 Å². The summed E-state index contributed by atoms with van der Waals surface area (Å²) in [6.45, 7) is 1.77. The van der Waals surface area contributed by atoms with Crippen molar-refractivity contribution in [3.05, 3.63) is 29.8 Å². The number of Topliss-reactive ketones (excluding diaryl/α,β-unsaturated/α-hetero) is 1. The lowest BCUT2D eigenvalue weighted by atomic mass is 9.85. The first-order valence-electron chi connectivity index (χ1n) is 7.21. The van der Waals surface area contributed by atoms with Gasteiger partial charge < -0.3 is 15.6 Å². The van der Waals surface area contributed by atoms with E-state index in [2.05, 4.69) is 0 Å². The highest BCUT2D eigenvalue weighted by atomic mass is 16.5. The van der Waals surface area contributed by atoms with Gasteiger partial charge in [-0.1, -0.05) is 31.4 Å². The zero-order chi connectivity index (χ0) is 14.6. The van der Waals surface area contributed by atoms with Crippen LogP contribution in [0.3, 0.4) is 0 Å². The zero-order valence-corrected chi connectivity index (χ0v) is 12.0. The Labute approximate surface area is 119 Å². The van der Waals surface area contributed by atoms with Crippen LogP contribution in [0.15, 0.2) is 24.3 Å². The van der Waals surface area contributed by atoms with Crippen LogP contribution in [-0.2, 0) is 4.79 Å². The number of benzene rings is 1. The minimum Gasteiger partial charge on any atom is -0.491 e. The quantitative estimate of drug-likeness (QED) is 0.866. The van der Waals surface area contributed by atoms with Gasteiger partial charge >= 0.3 is 0 Å². The second kappa shape index (κ2) is 6.37. The van der Waals surface area contributed by atoms with Gasteiger partial charge in [0.2, 0.25) is 0 Å². The van der Waals surface area contributed by atoms with Gasteiger partial charge in [-0.05, 0) is 37.5 Å². The summed E-state index contributed by atoms with van der Waals surface area (Å²) in [6.07, 6.45) is 4.87. The van der Waals surface area contributed by atoms with Crippen LogP contribution in [0.4, 0.5) is 0 Å². The first kappa shape index (κ1) is 15.0. The molecule has 0 saturated heterocycles. The van der Waals surface area contributed by atoms with E-state index in [1.807, 2.05) is 18.2 Å². The van der Waals surface area contributed by atoms with Gasteiger partial charge in [-0.15, -0.1) is 0 Å². The van der Waals surface area contributed by atoms with Gasteiger partial charge in [0.05, 0.1) is 11.6 Å². The SMILES string of the molecule is CC(=O)C(N)c1cccc(OCC2(O)CCCCC2)c1. The van der Waals surface area contributed by atoms with Crippen LogP contribution in [0.1, 0.15) is 50.6 Å². The summed E-state index contributed by atoms with van der Waals surface area (Å²) in [7, 11) is 0. The molecule has 4 nitrogen and oxygen atoms in total. The van der Waals surface area contributed by atoms with Crippen molar-refractivity contribution in [2.24, 2.45) is 5.73 Å². The fourth-order valence-electron chi connectivity index (χ4n) is 2.60. The lowest BCUT2D eigenvalue weighted by molar-refractivity contribution is -0.118. The largest absolute Gasteiger partial charge is 0.491 e. The molecule has 2 rings (SSSR count). The zero-order valence-electron chi connectivity index (χ0n) is 12.0. The topological polar surface area (TPSA) is 72.6 Å². The van der Waals surface area contributed by atoms with Crippen LogP contribution in [0, 0.1) is 0 Å². The van der Waals surface area contributed by atoms with Crippen LogP contribution < -0.4 is 10.5 Å². The number of hydrogen-bond donors (Lipinski definition) is 2. The van der Waals surface area contributed by atoms with E-state index >= 15 is 0 Å². The third kappa shape index (κ3) is 3.81. The summed E-state index contributed by atoms with van der Waals surface area (Å²) >= 11 is 0. The van der Waals surface area contributed by atoms with E-state index in [0.29, 0.717) is 12.4 Å². The van der Waals surface area contributed by atoms with Crippen LogP contribution in [0.2, 0.25) is 0 Å². The first-order valence-corrected chi connectivity index (χ1v) is 7.21. The van der Waals surface area contributed by atoms with Crippen LogP contribution in [-0.4, -0.2) is 23.1 Å². The smallest absolute Gasteiger partial charge is 0.150 e. The number of nitrogens with two attached hydrogens (primary N) is 1. The van der Waals surface area contributed by atoms with E-state index in [1.165, 1.54) is 13.3 Å². The monoisotopic (exact) mass is 277 g/mol. The number of carbonyl (C=O) groups excluding carboxylic acids is 1. The fourth-order valence-corrected chi connectivity index (χ4v) is 2.60. The van der Waals surface area contributed by atoms with Crippen molar-refractivity contribution < 1.29 is 14.6 Å². The van der Waals surface area contributed by atoms with E-state index in [1.54, 1.807) is 6.07 Å². The number of carbonyl (C=O) groups is 1. The second-order valence-electron chi connectivity index (χ2n) is 5.73. The Bertz CT molecular complexity index is 467. The molecule has 110 valence electrons. The van der Waals surface area contributed by atoms with Crippen molar-refractivity contribution in [2.45, 2.75) is 50.7 Å². The van der Waals surface area contributed by atoms with Crippen LogP contribution in [0.5, 0.6) is 5.75 Å². The number of ether oxygens (including phenoxy) is 1. The lowest BCUT2D eigenvalue weighted by Crippen LogP contribution is -2.37. The molecule has 1 unspecified atom stereocenters. The normalized spacial score (nSPS) is 19.4. The molecule has 0 heterocycles. The summed E-state index contributed by atoms with van der Waals surface area (Å²) in [6, 6.07) is 6.62. The Morgan fingerprint density at radius 3 is 2.75 bits per heavy atom. The molecule has 1 aliphatic rings. The van der Waals surface area contributed by atoms with Crippen molar-refractivity contribution in [3.63, 3.8) is 0 Å². The van der Waals surface area contributed by atoms with Crippen LogP contribution >= 0.6 is 0 Å².